The largest absolute Gasteiger partial charge is 0.385 e. The van der Waals surface area contributed by atoms with Crippen molar-refractivity contribution >= 4 is 5.69 Å². The lowest BCUT2D eigenvalue weighted by atomic mass is 9.99. The number of aryl methyl sites for hydroxylation is 1. The van der Waals surface area contributed by atoms with Crippen LogP contribution in [0.2, 0.25) is 0 Å². The number of aromatic nitrogens is 3. The normalized spacial score (nSPS) is 13.9. The molecule has 0 atom stereocenters. The van der Waals surface area contributed by atoms with E-state index in [2.05, 4.69) is 39.1 Å². The smallest absolute Gasteiger partial charge is 0.0692 e. The minimum absolute atomic E-state index is 0.850. The number of nitrogens with one attached hydrogen (secondary N) is 2. The molecule has 0 fully saturated rings. The molecule has 2 heterocycles. The maximum atomic E-state index is 3.95. The van der Waals surface area contributed by atoms with Crippen molar-refractivity contribution in [1.29, 1.82) is 0 Å². The Morgan fingerprint density at radius 1 is 1.37 bits per heavy atom. The molecule has 0 saturated carbocycles. The topological polar surface area (TPSA) is 54.8 Å². The Labute approximate surface area is 113 Å². The number of rotatable bonds is 5. The summed E-state index contributed by atoms with van der Waals surface area (Å²) in [6.07, 6.45) is 6.01. The van der Waals surface area contributed by atoms with Gasteiger partial charge < -0.3 is 10.6 Å². The van der Waals surface area contributed by atoms with Crippen molar-refractivity contribution in [1.82, 2.24) is 20.3 Å². The van der Waals surface area contributed by atoms with Crippen LogP contribution in [-0.4, -0.2) is 28.1 Å². The molecule has 3 rings (SSSR count). The molecule has 1 aromatic heterocycles. The summed E-state index contributed by atoms with van der Waals surface area (Å²) in [7, 11) is 0. The van der Waals surface area contributed by atoms with Gasteiger partial charge in [-0.25, -0.2) is 0 Å². The molecule has 5 nitrogen and oxygen atoms in total. The third-order valence-corrected chi connectivity index (χ3v) is 3.47. The second-order valence-electron chi connectivity index (χ2n) is 4.82. The van der Waals surface area contributed by atoms with Gasteiger partial charge in [-0.2, -0.15) is 0 Å². The van der Waals surface area contributed by atoms with Crippen molar-refractivity contribution in [3.05, 3.63) is 41.7 Å². The van der Waals surface area contributed by atoms with E-state index in [1.165, 1.54) is 29.7 Å². The van der Waals surface area contributed by atoms with E-state index in [9.17, 15) is 0 Å². The van der Waals surface area contributed by atoms with Crippen LogP contribution < -0.4 is 10.6 Å². The molecule has 2 N–H and O–H groups in total. The van der Waals surface area contributed by atoms with Crippen molar-refractivity contribution < 1.29 is 0 Å². The summed E-state index contributed by atoms with van der Waals surface area (Å²) >= 11 is 0. The Bertz CT molecular complexity index is 521. The van der Waals surface area contributed by atoms with E-state index in [1.807, 2.05) is 10.9 Å². The average molecular weight is 257 g/mol. The van der Waals surface area contributed by atoms with Gasteiger partial charge >= 0.3 is 0 Å². The van der Waals surface area contributed by atoms with Crippen LogP contribution >= 0.6 is 0 Å². The highest BCUT2D eigenvalue weighted by molar-refractivity contribution is 5.59. The van der Waals surface area contributed by atoms with Crippen LogP contribution in [0, 0.1) is 0 Å². The maximum Gasteiger partial charge on any atom is 0.0692 e. The third kappa shape index (κ3) is 2.93. The van der Waals surface area contributed by atoms with Gasteiger partial charge in [0.2, 0.25) is 0 Å². The van der Waals surface area contributed by atoms with E-state index in [0.717, 1.165) is 26.2 Å². The summed E-state index contributed by atoms with van der Waals surface area (Å²) in [5.74, 6) is 0. The number of hydrogen-bond acceptors (Lipinski definition) is 4. The van der Waals surface area contributed by atoms with Gasteiger partial charge in [0.1, 0.15) is 0 Å². The first-order valence-corrected chi connectivity index (χ1v) is 6.83. The first-order chi connectivity index (χ1) is 9.43. The Balaban J connectivity index is 1.55. The fourth-order valence-corrected chi connectivity index (χ4v) is 2.50. The van der Waals surface area contributed by atoms with Gasteiger partial charge in [-0.05, 0) is 24.0 Å². The number of anilines is 1. The first-order valence-electron chi connectivity index (χ1n) is 6.83. The predicted molar refractivity (Wildman–Crippen MR) is 75.0 cm³/mol. The van der Waals surface area contributed by atoms with Crippen LogP contribution in [-0.2, 0) is 19.5 Å². The lowest BCUT2D eigenvalue weighted by Gasteiger charge is -2.21. The zero-order chi connectivity index (χ0) is 12.9. The zero-order valence-corrected chi connectivity index (χ0v) is 11.0. The standard InChI is InChI=1S/C14H19N5/c1-3-12-5-2-6-16-14(12)13(4-1)11-15-7-9-19-10-8-17-18-19/h1,3-4,8,10,15-16H,2,5-7,9,11H2. The molecule has 0 amide bonds. The maximum absolute atomic E-state index is 3.95. The third-order valence-electron chi connectivity index (χ3n) is 3.47. The fourth-order valence-electron chi connectivity index (χ4n) is 2.50. The second kappa shape index (κ2) is 5.84. The summed E-state index contributed by atoms with van der Waals surface area (Å²) in [5, 5.41) is 14.7. The Morgan fingerprint density at radius 3 is 3.26 bits per heavy atom. The van der Waals surface area contributed by atoms with E-state index >= 15 is 0 Å². The molecule has 0 spiro atoms. The van der Waals surface area contributed by atoms with Crippen molar-refractivity contribution in [2.75, 3.05) is 18.4 Å². The molecule has 0 radical (unpaired) electrons. The van der Waals surface area contributed by atoms with Crippen LogP contribution in [0.5, 0.6) is 0 Å². The number of benzene rings is 1. The molecule has 1 aliphatic heterocycles. The Hall–Kier alpha value is -1.88. The highest BCUT2D eigenvalue weighted by atomic mass is 15.4. The van der Waals surface area contributed by atoms with Crippen LogP contribution in [0.3, 0.4) is 0 Å². The van der Waals surface area contributed by atoms with Gasteiger partial charge in [0.05, 0.1) is 12.7 Å². The summed E-state index contributed by atoms with van der Waals surface area (Å²) in [5.41, 5.74) is 4.14. The van der Waals surface area contributed by atoms with Crippen LogP contribution in [0.25, 0.3) is 0 Å². The van der Waals surface area contributed by atoms with Gasteiger partial charge in [-0.15, -0.1) is 5.10 Å². The first kappa shape index (κ1) is 12.2. The SMILES string of the molecule is c1cc2c(c(CNCCn3ccnn3)c1)NCCC2. The second-order valence-corrected chi connectivity index (χ2v) is 4.82. The number of para-hydroxylation sites is 1. The number of nitrogens with zero attached hydrogens (tertiary/aromatic N) is 3. The van der Waals surface area contributed by atoms with Crippen molar-refractivity contribution in [2.24, 2.45) is 0 Å². The quantitative estimate of drug-likeness (QED) is 0.796. The van der Waals surface area contributed by atoms with Gasteiger partial charge in [-0.1, -0.05) is 23.4 Å². The average Bonchev–Trinajstić information content (AvgIpc) is 2.97. The van der Waals surface area contributed by atoms with E-state index < -0.39 is 0 Å². The van der Waals surface area contributed by atoms with Crippen molar-refractivity contribution in [2.45, 2.75) is 25.9 Å². The molecule has 2 aromatic rings. The monoisotopic (exact) mass is 257 g/mol. The minimum atomic E-state index is 0.850. The predicted octanol–water partition coefficient (Wildman–Crippen LogP) is 1.43. The molecule has 0 aliphatic carbocycles. The Morgan fingerprint density at radius 2 is 2.37 bits per heavy atom. The summed E-state index contributed by atoms with van der Waals surface area (Å²) in [6, 6.07) is 6.57. The van der Waals surface area contributed by atoms with Crippen molar-refractivity contribution in [3.63, 3.8) is 0 Å². The molecule has 1 aromatic carbocycles. The van der Waals surface area contributed by atoms with E-state index in [-0.39, 0.29) is 0 Å². The lowest BCUT2D eigenvalue weighted by Crippen LogP contribution is -2.22. The summed E-state index contributed by atoms with van der Waals surface area (Å²) in [4.78, 5) is 0. The minimum Gasteiger partial charge on any atom is -0.385 e. The van der Waals surface area contributed by atoms with E-state index in [0.29, 0.717) is 0 Å². The molecule has 1 aliphatic rings. The summed E-state index contributed by atoms with van der Waals surface area (Å²) in [6.45, 7) is 3.73. The van der Waals surface area contributed by atoms with Gasteiger partial charge in [-0.3, -0.25) is 4.68 Å². The highest BCUT2D eigenvalue weighted by Gasteiger charge is 2.11. The highest BCUT2D eigenvalue weighted by Crippen LogP contribution is 2.25. The summed E-state index contributed by atoms with van der Waals surface area (Å²) < 4.78 is 1.84. The molecule has 0 bridgehead atoms. The van der Waals surface area contributed by atoms with Crippen LogP contribution in [0.4, 0.5) is 5.69 Å². The molecule has 19 heavy (non-hydrogen) atoms. The molecular formula is C14H19N5. The Kier molecular flexibility index (Phi) is 3.74. The molecule has 0 saturated heterocycles. The van der Waals surface area contributed by atoms with Crippen LogP contribution in [0.15, 0.2) is 30.6 Å². The van der Waals surface area contributed by atoms with Gasteiger partial charge in [0, 0.05) is 31.5 Å². The molecule has 0 unspecified atom stereocenters. The fraction of sp³-hybridized carbons (Fsp3) is 0.429. The van der Waals surface area contributed by atoms with Gasteiger partial charge in [0.15, 0.2) is 0 Å². The zero-order valence-electron chi connectivity index (χ0n) is 11.0. The number of hydrogen-bond donors (Lipinski definition) is 2. The number of fused-ring (bicyclic) bond motifs is 1. The van der Waals surface area contributed by atoms with Gasteiger partial charge in [0.25, 0.3) is 0 Å². The van der Waals surface area contributed by atoms with E-state index in [1.54, 1.807) is 6.20 Å². The molecular weight excluding hydrogens is 238 g/mol. The van der Waals surface area contributed by atoms with Crippen molar-refractivity contribution in [3.8, 4) is 0 Å². The molecule has 100 valence electrons. The molecule has 5 heteroatoms. The van der Waals surface area contributed by atoms with Crippen LogP contribution in [0.1, 0.15) is 17.5 Å². The lowest BCUT2D eigenvalue weighted by molar-refractivity contribution is 0.540. The van der Waals surface area contributed by atoms with E-state index in [4.69, 9.17) is 0 Å².